The number of nitrogens with two attached hydrogens (primary N) is 1. The van der Waals surface area contributed by atoms with Crippen LogP contribution in [-0.2, 0) is 4.79 Å². The first kappa shape index (κ1) is 12.5. The molecule has 1 heterocycles. The lowest BCUT2D eigenvalue weighted by molar-refractivity contribution is -0.132. The van der Waals surface area contributed by atoms with Crippen molar-refractivity contribution in [2.75, 3.05) is 19.7 Å². The Bertz CT molecular complexity index is 197. The van der Waals surface area contributed by atoms with Crippen molar-refractivity contribution in [1.82, 2.24) is 4.90 Å². The largest absolute Gasteiger partial charge is 0.394 e. The number of unbranched alkanes of at least 4 members (excludes halogenated alkanes) is 2. The molecule has 1 fully saturated rings. The predicted octanol–water partition coefficient (Wildman–Crippen LogP) is 0.489. The Morgan fingerprint density at radius 3 is 2.87 bits per heavy atom. The molecule has 4 nitrogen and oxygen atoms in total. The first-order chi connectivity index (χ1) is 7.29. The number of nitrogens with zero attached hydrogens (tertiary/aromatic N) is 1. The van der Waals surface area contributed by atoms with Gasteiger partial charge >= 0.3 is 0 Å². The van der Waals surface area contributed by atoms with Crippen LogP contribution in [0.1, 0.15) is 38.5 Å². The molecule has 0 unspecified atom stereocenters. The molecule has 3 N–H and O–H groups in total. The Kier molecular flexibility index (Phi) is 5.65. The number of hydrogen-bond acceptors (Lipinski definition) is 3. The molecule has 0 aromatic rings. The minimum absolute atomic E-state index is 0.0759. The van der Waals surface area contributed by atoms with Gasteiger partial charge in [0.1, 0.15) is 0 Å². The minimum Gasteiger partial charge on any atom is -0.394 e. The molecule has 0 aliphatic carbocycles. The van der Waals surface area contributed by atoms with E-state index in [1.165, 1.54) is 0 Å². The van der Waals surface area contributed by atoms with E-state index in [1.807, 2.05) is 4.90 Å². The molecule has 0 saturated carbocycles. The SMILES string of the molecule is NCCCCCC(=O)N1CCC[C@@H]1CO. The number of rotatable bonds is 6. The van der Waals surface area contributed by atoms with Gasteiger partial charge in [-0.1, -0.05) is 6.42 Å². The lowest BCUT2D eigenvalue weighted by atomic mass is 10.1. The van der Waals surface area contributed by atoms with E-state index in [2.05, 4.69) is 0 Å². The van der Waals surface area contributed by atoms with Gasteiger partial charge in [0.15, 0.2) is 0 Å². The van der Waals surface area contributed by atoms with Gasteiger partial charge in [-0.2, -0.15) is 0 Å². The number of amides is 1. The van der Waals surface area contributed by atoms with Crippen LogP contribution in [0.2, 0.25) is 0 Å². The van der Waals surface area contributed by atoms with Gasteiger partial charge in [0.25, 0.3) is 0 Å². The fourth-order valence-corrected chi connectivity index (χ4v) is 2.09. The summed E-state index contributed by atoms with van der Waals surface area (Å²) in [5, 5.41) is 9.08. The number of carbonyl (C=O) groups is 1. The Balaban J connectivity index is 2.21. The first-order valence-corrected chi connectivity index (χ1v) is 5.90. The number of hydrogen-bond donors (Lipinski definition) is 2. The molecule has 4 heteroatoms. The minimum atomic E-state index is 0.0759. The summed E-state index contributed by atoms with van der Waals surface area (Å²) in [6.07, 6.45) is 5.53. The van der Waals surface area contributed by atoms with Gasteiger partial charge in [0, 0.05) is 13.0 Å². The topological polar surface area (TPSA) is 66.6 Å². The van der Waals surface area contributed by atoms with E-state index in [9.17, 15) is 4.79 Å². The average Bonchev–Trinajstić information content (AvgIpc) is 2.72. The third-order valence-electron chi connectivity index (χ3n) is 3.00. The number of likely N-dealkylation sites (tertiary alicyclic amines) is 1. The van der Waals surface area contributed by atoms with Gasteiger partial charge in [-0.25, -0.2) is 0 Å². The molecule has 0 spiro atoms. The third kappa shape index (κ3) is 3.80. The van der Waals surface area contributed by atoms with E-state index in [4.69, 9.17) is 10.8 Å². The van der Waals surface area contributed by atoms with Crippen LogP contribution in [-0.4, -0.2) is 41.7 Å². The molecule has 1 rings (SSSR count). The monoisotopic (exact) mass is 214 g/mol. The quantitative estimate of drug-likeness (QED) is 0.632. The van der Waals surface area contributed by atoms with Crippen LogP contribution in [0.4, 0.5) is 0 Å². The van der Waals surface area contributed by atoms with E-state index in [0.29, 0.717) is 13.0 Å². The Hall–Kier alpha value is -0.610. The smallest absolute Gasteiger partial charge is 0.222 e. The molecule has 15 heavy (non-hydrogen) atoms. The van der Waals surface area contributed by atoms with Crippen LogP contribution < -0.4 is 5.73 Å². The molecular formula is C11H22N2O2. The number of aliphatic hydroxyl groups is 1. The van der Waals surface area contributed by atoms with Gasteiger partial charge in [-0.3, -0.25) is 4.79 Å². The molecule has 0 aromatic heterocycles. The average molecular weight is 214 g/mol. The van der Waals surface area contributed by atoms with Crippen molar-refractivity contribution in [2.24, 2.45) is 5.73 Å². The van der Waals surface area contributed by atoms with Crippen molar-refractivity contribution in [3.63, 3.8) is 0 Å². The molecule has 1 aliphatic rings. The van der Waals surface area contributed by atoms with Gasteiger partial charge < -0.3 is 15.7 Å². The summed E-state index contributed by atoms with van der Waals surface area (Å²) in [6, 6.07) is 0.0759. The fourth-order valence-electron chi connectivity index (χ4n) is 2.09. The summed E-state index contributed by atoms with van der Waals surface area (Å²) in [5.74, 6) is 0.198. The van der Waals surface area contributed by atoms with Gasteiger partial charge in [-0.15, -0.1) is 0 Å². The lowest BCUT2D eigenvalue weighted by Gasteiger charge is -2.22. The summed E-state index contributed by atoms with van der Waals surface area (Å²) in [7, 11) is 0. The Morgan fingerprint density at radius 2 is 2.20 bits per heavy atom. The van der Waals surface area contributed by atoms with Crippen LogP contribution in [0.3, 0.4) is 0 Å². The zero-order chi connectivity index (χ0) is 11.1. The zero-order valence-electron chi connectivity index (χ0n) is 9.32. The van der Waals surface area contributed by atoms with Crippen molar-refractivity contribution < 1.29 is 9.90 Å². The van der Waals surface area contributed by atoms with Crippen LogP contribution in [0.25, 0.3) is 0 Å². The van der Waals surface area contributed by atoms with E-state index in [0.717, 1.165) is 38.6 Å². The summed E-state index contributed by atoms with van der Waals surface area (Å²) in [5.41, 5.74) is 5.38. The van der Waals surface area contributed by atoms with Gasteiger partial charge in [0.05, 0.1) is 12.6 Å². The van der Waals surface area contributed by atoms with Crippen molar-refractivity contribution in [3.05, 3.63) is 0 Å². The number of aliphatic hydroxyl groups excluding tert-OH is 1. The summed E-state index contributed by atoms with van der Waals surface area (Å²) in [6.45, 7) is 1.63. The third-order valence-corrected chi connectivity index (χ3v) is 3.00. The number of carbonyl (C=O) groups excluding carboxylic acids is 1. The van der Waals surface area contributed by atoms with Crippen LogP contribution in [0.5, 0.6) is 0 Å². The fraction of sp³-hybridized carbons (Fsp3) is 0.909. The van der Waals surface area contributed by atoms with Gasteiger partial charge in [-0.05, 0) is 32.2 Å². The van der Waals surface area contributed by atoms with Crippen molar-refractivity contribution in [1.29, 1.82) is 0 Å². The molecule has 88 valence electrons. The Labute approximate surface area is 91.4 Å². The van der Waals surface area contributed by atoms with Crippen LogP contribution in [0, 0.1) is 0 Å². The maximum absolute atomic E-state index is 11.8. The maximum atomic E-state index is 11.8. The highest BCUT2D eigenvalue weighted by molar-refractivity contribution is 5.76. The maximum Gasteiger partial charge on any atom is 0.222 e. The zero-order valence-corrected chi connectivity index (χ0v) is 9.32. The predicted molar refractivity (Wildman–Crippen MR) is 59.3 cm³/mol. The summed E-state index contributed by atoms with van der Waals surface area (Å²) in [4.78, 5) is 13.6. The highest BCUT2D eigenvalue weighted by Crippen LogP contribution is 2.18. The Morgan fingerprint density at radius 1 is 1.40 bits per heavy atom. The van der Waals surface area contributed by atoms with Crippen LogP contribution in [0.15, 0.2) is 0 Å². The molecule has 0 bridgehead atoms. The highest BCUT2D eigenvalue weighted by Gasteiger charge is 2.27. The van der Waals surface area contributed by atoms with Crippen molar-refractivity contribution in [2.45, 2.75) is 44.6 Å². The lowest BCUT2D eigenvalue weighted by Crippen LogP contribution is -2.37. The second kappa shape index (κ2) is 6.80. The molecule has 1 atom stereocenters. The highest BCUT2D eigenvalue weighted by atomic mass is 16.3. The standard InChI is InChI=1S/C11H22N2O2/c12-7-3-1-2-6-11(15)13-8-4-5-10(13)9-14/h10,14H,1-9,12H2/t10-/m1/s1. The van der Waals surface area contributed by atoms with Crippen molar-refractivity contribution >= 4 is 5.91 Å². The van der Waals surface area contributed by atoms with E-state index in [1.54, 1.807) is 0 Å². The molecule has 1 amide bonds. The van der Waals surface area contributed by atoms with Crippen molar-refractivity contribution in [3.8, 4) is 0 Å². The molecule has 1 aliphatic heterocycles. The second-order valence-electron chi connectivity index (χ2n) is 4.17. The van der Waals surface area contributed by atoms with E-state index >= 15 is 0 Å². The van der Waals surface area contributed by atoms with E-state index in [-0.39, 0.29) is 18.6 Å². The first-order valence-electron chi connectivity index (χ1n) is 5.90. The molecule has 0 aromatic carbocycles. The summed E-state index contributed by atoms with van der Waals surface area (Å²) >= 11 is 0. The van der Waals surface area contributed by atoms with E-state index < -0.39 is 0 Å². The normalized spacial score (nSPS) is 20.9. The van der Waals surface area contributed by atoms with Gasteiger partial charge in [0.2, 0.25) is 5.91 Å². The second-order valence-corrected chi connectivity index (χ2v) is 4.17. The molecular weight excluding hydrogens is 192 g/mol. The van der Waals surface area contributed by atoms with Crippen LogP contribution >= 0.6 is 0 Å². The molecule has 1 saturated heterocycles. The summed E-state index contributed by atoms with van der Waals surface area (Å²) < 4.78 is 0. The molecule has 0 radical (unpaired) electrons.